The van der Waals surface area contributed by atoms with Gasteiger partial charge in [0.2, 0.25) is 17.7 Å². The summed E-state index contributed by atoms with van der Waals surface area (Å²) in [4.78, 5) is 59.0. The van der Waals surface area contributed by atoms with Crippen LogP contribution in [0.25, 0.3) is 0 Å². The van der Waals surface area contributed by atoms with E-state index in [1.807, 2.05) is 51.1 Å². The first-order valence-corrected chi connectivity index (χ1v) is 16.7. The second-order valence-corrected chi connectivity index (χ2v) is 13.2. The molecule has 3 aliphatic heterocycles. The monoisotopic (exact) mass is 637 g/mol. The second kappa shape index (κ2) is 15.4. The third kappa shape index (κ3) is 6.79. The number of aliphatic hydroxyl groups excluding tert-OH is 1. The fourth-order valence-electron chi connectivity index (χ4n) is 7.65. The zero-order chi connectivity index (χ0) is 33.6. The van der Waals surface area contributed by atoms with Gasteiger partial charge < -0.3 is 29.7 Å². The van der Waals surface area contributed by atoms with Gasteiger partial charge in [0.05, 0.1) is 36.6 Å². The number of benzene rings is 1. The maximum absolute atomic E-state index is 14.6. The lowest BCUT2D eigenvalue weighted by atomic mass is 9.70. The number of likely N-dealkylation sites (tertiary alicyclic amines) is 1. The SMILES string of the molecule is C=CCCC(=O)OC[C@H](NC(=O)[C@@H]1[C@H]2C(=O)N([C@@H](CO)C(C)C)[C@H](C(=O)N(CC=C)C(C)CCC)[C@]23CC[C@H]1O3)c1ccccc1. The molecule has 10 heteroatoms. The zero-order valence-electron chi connectivity index (χ0n) is 27.7. The second-order valence-electron chi connectivity index (χ2n) is 13.2. The predicted octanol–water partition coefficient (Wildman–Crippen LogP) is 3.95. The molecule has 3 heterocycles. The Labute approximate surface area is 273 Å². The number of nitrogens with zero attached hydrogens (tertiary/aromatic N) is 2. The smallest absolute Gasteiger partial charge is 0.306 e. The van der Waals surface area contributed by atoms with Crippen LogP contribution in [0.15, 0.2) is 55.6 Å². The largest absolute Gasteiger partial charge is 0.463 e. The van der Waals surface area contributed by atoms with E-state index in [-0.39, 0.29) is 49.3 Å². The van der Waals surface area contributed by atoms with E-state index in [1.54, 1.807) is 17.1 Å². The van der Waals surface area contributed by atoms with Crippen molar-refractivity contribution in [1.82, 2.24) is 15.1 Å². The van der Waals surface area contributed by atoms with Gasteiger partial charge in [0.15, 0.2) is 0 Å². The minimum absolute atomic E-state index is 0.0767. The Hall–Kier alpha value is -3.50. The van der Waals surface area contributed by atoms with Crippen LogP contribution in [0.1, 0.15) is 77.8 Å². The number of hydrogen-bond acceptors (Lipinski definition) is 7. The number of aliphatic hydroxyl groups is 1. The van der Waals surface area contributed by atoms with Gasteiger partial charge in [-0.25, -0.2) is 0 Å². The van der Waals surface area contributed by atoms with Gasteiger partial charge in [-0.1, -0.05) is 69.7 Å². The molecule has 3 fully saturated rings. The van der Waals surface area contributed by atoms with Gasteiger partial charge in [-0.15, -0.1) is 13.2 Å². The lowest BCUT2D eigenvalue weighted by Crippen LogP contribution is -2.60. The summed E-state index contributed by atoms with van der Waals surface area (Å²) in [6.45, 7) is 15.3. The van der Waals surface area contributed by atoms with Crippen molar-refractivity contribution < 1.29 is 33.8 Å². The first-order valence-electron chi connectivity index (χ1n) is 16.7. The third-order valence-electron chi connectivity index (χ3n) is 9.92. The van der Waals surface area contributed by atoms with Crippen LogP contribution in [0.5, 0.6) is 0 Å². The summed E-state index contributed by atoms with van der Waals surface area (Å²) in [6, 6.07) is 6.86. The fourth-order valence-corrected chi connectivity index (χ4v) is 7.65. The average molecular weight is 638 g/mol. The number of carbonyl (C=O) groups excluding carboxylic acids is 4. The number of ether oxygens (including phenoxy) is 2. The summed E-state index contributed by atoms with van der Waals surface area (Å²) >= 11 is 0. The van der Waals surface area contributed by atoms with Crippen LogP contribution in [0, 0.1) is 17.8 Å². The van der Waals surface area contributed by atoms with Crippen molar-refractivity contribution in [2.75, 3.05) is 19.8 Å². The number of rotatable bonds is 17. The van der Waals surface area contributed by atoms with Crippen molar-refractivity contribution in [1.29, 1.82) is 0 Å². The number of amides is 3. The van der Waals surface area contributed by atoms with Gasteiger partial charge in [0.1, 0.15) is 18.2 Å². The van der Waals surface area contributed by atoms with Gasteiger partial charge >= 0.3 is 5.97 Å². The summed E-state index contributed by atoms with van der Waals surface area (Å²) in [7, 11) is 0. The predicted molar refractivity (Wildman–Crippen MR) is 174 cm³/mol. The molecule has 4 rings (SSSR count). The summed E-state index contributed by atoms with van der Waals surface area (Å²) < 4.78 is 12.2. The van der Waals surface area contributed by atoms with Crippen molar-refractivity contribution in [2.45, 2.75) is 102 Å². The molecule has 1 aromatic rings. The van der Waals surface area contributed by atoms with Crippen LogP contribution in [0.3, 0.4) is 0 Å². The molecular weight excluding hydrogens is 586 g/mol. The molecule has 3 saturated heterocycles. The highest BCUT2D eigenvalue weighted by molar-refractivity contribution is 5.99. The summed E-state index contributed by atoms with van der Waals surface area (Å²) in [6.07, 6.45) is 6.07. The maximum atomic E-state index is 14.6. The molecule has 3 aliphatic rings. The van der Waals surface area contributed by atoms with E-state index in [9.17, 15) is 24.3 Å². The van der Waals surface area contributed by atoms with Crippen molar-refractivity contribution in [2.24, 2.45) is 17.8 Å². The standard InChI is InChI=1S/C36H51N3O7/c1-7-10-17-29(41)45-22-26(25-15-12-11-13-16-25)37-33(42)30-28-18-19-36(46-28)31(30)34(43)39(27(21-40)23(4)5)32(36)35(44)38(20-9-3)24(6)14-8-2/h7,9,11-13,15-16,23-24,26-28,30-32,40H,1,3,8,10,14,17-22H2,2,4-6H3,(H,37,42)/t24?,26-,27-,28+,30-,31-,32+,36-/m0/s1. The Morgan fingerprint density at radius 3 is 2.52 bits per heavy atom. The zero-order valence-corrected chi connectivity index (χ0v) is 27.7. The fraction of sp³-hybridized carbons (Fsp3) is 0.611. The molecular formula is C36H51N3O7. The van der Waals surface area contributed by atoms with E-state index in [4.69, 9.17) is 9.47 Å². The molecule has 8 atom stereocenters. The highest BCUT2D eigenvalue weighted by Gasteiger charge is 2.75. The van der Waals surface area contributed by atoms with Crippen molar-refractivity contribution in [3.05, 3.63) is 61.2 Å². The van der Waals surface area contributed by atoms with Crippen LogP contribution in [-0.2, 0) is 28.7 Å². The van der Waals surface area contributed by atoms with E-state index in [0.29, 0.717) is 25.8 Å². The first kappa shape index (κ1) is 35.4. The number of esters is 1. The lowest BCUT2D eigenvalue weighted by Gasteiger charge is -2.41. The van der Waals surface area contributed by atoms with E-state index < -0.39 is 47.6 Å². The summed E-state index contributed by atoms with van der Waals surface area (Å²) in [5, 5.41) is 13.6. The van der Waals surface area contributed by atoms with Gasteiger partial charge in [-0.3, -0.25) is 19.2 Å². The topological polar surface area (TPSA) is 125 Å². The minimum atomic E-state index is -1.20. The Kier molecular flexibility index (Phi) is 11.8. The molecule has 0 radical (unpaired) electrons. The molecule has 252 valence electrons. The van der Waals surface area contributed by atoms with Crippen molar-refractivity contribution in [3.63, 3.8) is 0 Å². The Morgan fingerprint density at radius 2 is 1.91 bits per heavy atom. The Bertz CT molecular complexity index is 1270. The van der Waals surface area contributed by atoms with Crippen LogP contribution in [0.4, 0.5) is 0 Å². The quantitative estimate of drug-likeness (QED) is 0.196. The van der Waals surface area contributed by atoms with Crippen molar-refractivity contribution in [3.8, 4) is 0 Å². The molecule has 46 heavy (non-hydrogen) atoms. The van der Waals surface area contributed by atoms with Crippen molar-refractivity contribution >= 4 is 23.7 Å². The molecule has 2 bridgehead atoms. The molecule has 1 spiro atoms. The molecule has 0 aromatic heterocycles. The third-order valence-corrected chi connectivity index (χ3v) is 9.92. The Balaban J connectivity index is 1.69. The molecule has 2 N–H and O–H groups in total. The van der Waals surface area contributed by atoms with Crippen LogP contribution in [-0.4, -0.2) is 88.2 Å². The molecule has 3 amide bonds. The summed E-state index contributed by atoms with van der Waals surface area (Å²) in [5.41, 5.74) is -0.447. The number of hydrogen-bond donors (Lipinski definition) is 2. The van der Waals surface area contributed by atoms with Crippen LogP contribution < -0.4 is 5.32 Å². The number of allylic oxidation sites excluding steroid dienone is 1. The van der Waals surface area contributed by atoms with Gasteiger partial charge in [-0.05, 0) is 44.1 Å². The van der Waals surface area contributed by atoms with E-state index in [1.165, 1.54) is 4.90 Å². The average Bonchev–Trinajstić information content (AvgIpc) is 3.68. The van der Waals surface area contributed by atoms with Gasteiger partial charge in [0, 0.05) is 19.0 Å². The summed E-state index contributed by atoms with van der Waals surface area (Å²) in [5.74, 6) is -3.27. The van der Waals surface area contributed by atoms with E-state index in [2.05, 4.69) is 25.4 Å². The van der Waals surface area contributed by atoms with E-state index >= 15 is 0 Å². The normalized spacial score (nSPS) is 26.7. The van der Waals surface area contributed by atoms with E-state index in [0.717, 1.165) is 18.4 Å². The van der Waals surface area contributed by atoms with Gasteiger partial charge in [-0.2, -0.15) is 0 Å². The molecule has 1 unspecified atom stereocenters. The minimum Gasteiger partial charge on any atom is -0.463 e. The van der Waals surface area contributed by atoms with Crippen LogP contribution in [0.2, 0.25) is 0 Å². The van der Waals surface area contributed by atoms with Crippen LogP contribution >= 0.6 is 0 Å². The van der Waals surface area contributed by atoms with Gasteiger partial charge in [0.25, 0.3) is 0 Å². The highest BCUT2D eigenvalue weighted by Crippen LogP contribution is 2.59. The molecule has 10 nitrogen and oxygen atoms in total. The molecule has 0 aliphatic carbocycles. The maximum Gasteiger partial charge on any atom is 0.306 e. The highest BCUT2D eigenvalue weighted by atomic mass is 16.5. The number of nitrogens with one attached hydrogen (secondary N) is 1. The molecule has 1 aromatic carbocycles. The molecule has 0 saturated carbocycles. The first-order chi connectivity index (χ1) is 22.1. The number of fused-ring (bicyclic) bond motifs is 1. The lowest BCUT2D eigenvalue weighted by molar-refractivity contribution is -0.153. The Morgan fingerprint density at radius 1 is 1.20 bits per heavy atom. The number of carbonyl (C=O) groups is 4.